The van der Waals surface area contributed by atoms with Gasteiger partial charge in [-0.3, -0.25) is 0 Å². The molecule has 0 spiro atoms. The standard InChI is InChI=1S/C24H16N2O4S/c27-22-21(31-24-25-19-6-1-2-7-20(19)26(22)24)13-15-8-10-18(11-9-15)30-14-16-4-3-5-17(12-16)23(28)29/h1-13H,14H2,(H,28,29)/p+1. The van der Waals surface area contributed by atoms with Crippen molar-refractivity contribution < 1.29 is 19.6 Å². The second-order valence-corrected chi connectivity index (χ2v) is 8.09. The number of ether oxygens (including phenoxy) is 1. The highest BCUT2D eigenvalue weighted by atomic mass is 32.1. The highest BCUT2D eigenvalue weighted by Gasteiger charge is 2.18. The van der Waals surface area contributed by atoms with Crippen LogP contribution in [0.5, 0.6) is 5.75 Å². The van der Waals surface area contributed by atoms with Crippen molar-refractivity contribution in [2.45, 2.75) is 6.61 Å². The number of carbonyl (C=O) groups is 1. The number of nitrogens with one attached hydrogen (secondary N) is 1. The minimum Gasteiger partial charge on any atom is -0.489 e. The van der Waals surface area contributed by atoms with Gasteiger partial charge < -0.3 is 9.84 Å². The predicted octanol–water partition coefficient (Wildman–Crippen LogP) is 3.15. The molecule has 31 heavy (non-hydrogen) atoms. The van der Waals surface area contributed by atoms with Gasteiger partial charge in [0.15, 0.2) is 11.0 Å². The van der Waals surface area contributed by atoms with E-state index in [1.54, 1.807) is 22.6 Å². The van der Waals surface area contributed by atoms with E-state index in [1.807, 2.05) is 60.7 Å². The Hall–Kier alpha value is -3.97. The SMILES string of the molecule is O=C(O)c1cccc(COc2ccc(C=c3sc4[nH+]c5ccccc5n4c3=O)cc2)c1. The Morgan fingerprint density at radius 2 is 1.87 bits per heavy atom. The van der Waals surface area contributed by atoms with Gasteiger partial charge in [-0.05, 0) is 64.9 Å². The van der Waals surface area contributed by atoms with Gasteiger partial charge in [-0.25, -0.2) is 14.6 Å². The molecule has 152 valence electrons. The van der Waals surface area contributed by atoms with Gasteiger partial charge in [-0.2, -0.15) is 0 Å². The molecule has 0 amide bonds. The highest BCUT2D eigenvalue weighted by molar-refractivity contribution is 7.14. The fourth-order valence-electron chi connectivity index (χ4n) is 3.45. The second-order valence-electron chi connectivity index (χ2n) is 7.06. The fraction of sp³-hybridized carbons (Fsp3) is 0.0417. The van der Waals surface area contributed by atoms with Crippen molar-refractivity contribution in [2.75, 3.05) is 0 Å². The molecule has 2 heterocycles. The number of benzene rings is 3. The lowest BCUT2D eigenvalue weighted by atomic mass is 10.1. The zero-order valence-corrected chi connectivity index (χ0v) is 17.1. The second kappa shape index (κ2) is 7.70. The van der Waals surface area contributed by atoms with Gasteiger partial charge in [-0.15, -0.1) is 4.40 Å². The van der Waals surface area contributed by atoms with Crippen molar-refractivity contribution in [3.05, 3.63) is 104 Å². The zero-order chi connectivity index (χ0) is 21.4. The largest absolute Gasteiger partial charge is 0.489 e. The fourth-order valence-corrected chi connectivity index (χ4v) is 4.46. The molecule has 5 aromatic rings. The monoisotopic (exact) mass is 429 g/mol. The molecule has 5 rings (SSSR count). The van der Waals surface area contributed by atoms with Crippen molar-refractivity contribution in [3.63, 3.8) is 0 Å². The molecular weight excluding hydrogens is 412 g/mol. The maximum absolute atomic E-state index is 12.9. The van der Waals surface area contributed by atoms with Crippen LogP contribution in [0.15, 0.2) is 77.6 Å². The topological polar surface area (TPSA) is 82.2 Å². The van der Waals surface area contributed by atoms with Crippen LogP contribution in [0.3, 0.4) is 0 Å². The first-order valence-electron chi connectivity index (χ1n) is 9.60. The molecular formula is C24H17N2O4S+. The van der Waals surface area contributed by atoms with E-state index in [4.69, 9.17) is 9.84 Å². The Kier molecular flexibility index (Phi) is 4.72. The van der Waals surface area contributed by atoms with E-state index >= 15 is 0 Å². The number of thiazole rings is 1. The lowest BCUT2D eigenvalue weighted by Gasteiger charge is -2.07. The van der Waals surface area contributed by atoms with Crippen LogP contribution in [0.25, 0.3) is 22.1 Å². The first-order chi connectivity index (χ1) is 15.1. The number of carboxylic acid groups (broad SMARTS) is 1. The van der Waals surface area contributed by atoms with Crippen LogP contribution < -0.4 is 19.8 Å². The van der Waals surface area contributed by atoms with Gasteiger partial charge in [0.1, 0.15) is 16.9 Å². The first kappa shape index (κ1) is 19.0. The van der Waals surface area contributed by atoms with Crippen molar-refractivity contribution >= 4 is 39.4 Å². The first-order valence-corrected chi connectivity index (χ1v) is 10.4. The number of aromatic amines is 1. The molecule has 0 aliphatic carbocycles. The number of aromatic carboxylic acids is 1. The molecule has 0 saturated carbocycles. The lowest BCUT2D eigenvalue weighted by molar-refractivity contribution is -0.308. The summed E-state index contributed by atoms with van der Waals surface area (Å²) in [6.45, 7) is 0.272. The van der Waals surface area contributed by atoms with E-state index in [1.165, 1.54) is 11.3 Å². The van der Waals surface area contributed by atoms with E-state index in [9.17, 15) is 9.59 Å². The van der Waals surface area contributed by atoms with Gasteiger partial charge in [0, 0.05) is 0 Å². The van der Waals surface area contributed by atoms with Crippen molar-refractivity contribution in [1.82, 2.24) is 4.40 Å². The predicted molar refractivity (Wildman–Crippen MR) is 119 cm³/mol. The summed E-state index contributed by atoms with van der Waals surface area (Å²) in [6.07, 6.45) is 1.86. The number of nitrogens with zero attached hydrogens (tertiary/aromatic N) is 1. The minimum atomic E-state index is -0.962. The maximum atomic E-state index is 12.9. The van der Waals surface area contributed by atoms with Crippen LogP contribution in [-0.4, -0.2) is 15.5 Å². The number of hydrogen-bond acceptors (Lipinski definition) is 4. The summed E-state index contributed by atoms with van der Waals surface area (Å²) in [7, 11) is 0. The van der Waals surface area contributed by atoms with Gasteiger partial charge in [0.05, 0.1) is 5.56 Å². The highest BCUT2D eigenvalue weighted by Crippen LogP contribution is 2.16. The normalized spacial score (nSPS) is 11.9. The maximum Gasteiger partial charge on any atom is 0.357 e. The summed E-state index contributed by atoms with van der Waals surface area (Å²) in [4.78, 5) is 28.0. The molecule has 0 bridgehead atoms. The van der Waals surface area contributed by atoms with Crippen LogP contribution >= 0.6 is 11.3 Å². The summed E-state index contributed by atoms with van der Waals surface area (Å²) in [5, 5.41) is 9.08. The van der Waals surface area contributed by atoms with Gasteiger partial charge in [-0.1, -0.05) is 36.4 Å². The number of rotatable bonds is 5. The third-order valence-corrected chi connectivity index (χ3v) is 5.96. The summed E-state index contributed by atoms with van der Waals surface area (Å²) >= 11 is 1.42. The molecule has 0 fully saturated rings. The van der Waals surface area contributed by atoms with E-state index in [0.29, 0.717) is 10.3 Å². The molecule has 2 N–H and O–H groups in total. The number of H-pyrrole nitrogens is 1. The molecule has 0 atom stereocenters. The minimum absolute atomic E-state index is 0.0453. The average Bonchev–Trinajstić information content (AvgIpc) is 3.29. The van der Waals surface area contributed by atoms with E-state index < -0.39 is 5.97 Å². The number of hydrogen-bond donors (Lipinski definition) is 1. The molecule has 2 aromatic heterocycles. The smallest absolute Gasteiger partial charge is 0.357 e. The van der Waals surface area contributed by atoms with Gasteiger partial charge in [0.2, 0.25) is 0 Å². The summed E-state index contributed by atoms with van der Waals surface area (Å²) < 4.78 is 8.12. The summed E-state index contributed by atoms with van der Waals surface area (Å²) in [5.41, 5.74) is 3.67. The summed E-state index contributed by atoms with van der Waals surface area (Å²) in [6, 6.07) is 21.8. The quantitative estimate of drug-likeness (QED) is 0.465. The van der Waals surface area contributed by atoms with Crippen LogP contribution in [0.2, 0.25) is 0 Å². The Labute approximate surface area is 180 Å². The Balaban J connectivity index is 1.37. The van der Waals surface area contributed by atoms with Crippen molar-refractivity contribution in [2.24, 2.45) is 0 Å². The van der Waals surface area contributed by atoms with Gasteiger partial charge >= 0.3 is 16.5 Å². The van der Waals surface area contributed by atoms with Crippen LogP contribution in [0.1, 0.15) is 21.5 Å². The van der Waals surface area contributed by atoms with Crippen LogP contribution in [-0.2, 0) is 6.61 Å². The van der Waals surface area contributed by atoms with E-state index in [-0.39, 0.29) is 17.7 Å². The third-order valence-electron chi connectivity index (χ3n) is 4.97. The molecule has 0 aliphatic rings. The molecule has 6 nitrogen and oxygen atoms in total. The molecule has 0 aliphatic heterocycles. The third kappa shape index (κ3) is 3.67. The zero-order valence-electron chi connectivity index (χ0n) is 16.2. The van der Waals surface area contributed by atoms with Crippen LogP contribution in [0.4, 0.5) is 0 Å². The number of fused-ring (bicyclic) bond motifs is 3. The van der Waals surface area contributed by atoms with Crippen molar-refractivity contribution in [3.8, 4) is 5.75 Å². The number of carboxylic acids is 1. The average molecular weight is 429 g/mol. The van der Waals surface area contributed by atoms with E-state index in [2.05, 4.69) is 4.98 Å². The Morgan fingerprint density at radius 3 is 2.68 bits per heavy atom. The Morgan fingerprint density at radius 1 is 1.06 bits per heavy atom. The Bertz CT molecular complexity index is 1530. The van der Waals surface area contributed by atoms with Crippen molar-refractivity contribution in [1.29, 1.82) is 0 Å². The van der Waals surface area contributed by atoms with E-state index in [0.717, 1.165) is 27.1 Å². The van der Waals surface area contributed by atoms with Gasteiger partial charge in [0.25, 0.3) is 0 Å². The number of para-hydroxylation sites is 2. The summed E-state index contributed by atoms with van der Waals surface area (Å²) in [5.74, 6) is -0.297. The molecule has 0 radical (unpaired) electrons. The molecule has 3 aromatic carbocycles. The molecule has 0 unspecified atom stereocenters. The number of imidazole rings is 1. The lowest BCUT2D eigenvalue weighted by Crippen LogP contribution is -2.22. The molecule has 0 saturated heterocycles. The number of aromatic nitrogens is 2. The van der Waals surface area contributed by atoms with Crippen LogP contribution in [0, 0.1) is 0 Å². The molecule has 7 heteroatoms.